The van der Waals surface area contributed by atoms with Crippen molar-refractivity contribution in [3.63, 3.8) is 0 Å². The number of amides is 1. The van der Waals surface area contributed by atoms with Crippen molar-refractivity contribution in [1.29, 1.82) is 0 Å². The van der Waals surface area contributed by atoms with E-state index in [1.165, 1.54) is 4.90 Å². The van der Waals surface area contributed by atoms with E-state index in [1.54, 1.807) is 32.4 Å². The second-order valence-electron chi connectivity index (χ2n) is 7.60. The third-order valence-electron chi connectivity index (χ3n) is 5.19. The van der Waals surface area contributed by atoms with E-state index in [4.69, 9.17) is 9.47 Å². The molecule has 1 aromatic heterocycles. The number of nitrogens with zero attached hydrogens (tertiary/aromatic N) is 3. The Morgan fingerprint density at radius 2 is 2.03 bits per heavy atom. The van der Waals surface area contributed by atoms with Gasteiger partial charge in [0.2, 0.25) is 0 Å². The van der Waals surface area contributed by atoms with Gasteiger partial charge < -0.3 is 19.3 Å². The molecular formula is C20H29N5O4. The number of rotatable bonds is 7. The standard InChI is InChI=1S/C20H29N5O4/c1-13(2)25-9-7-15(8-10-25)29-17-11-14(5-6-16(17)28-4)19(26)24(3)12-18-21-20(27)23-22-18/h5-6,11,13,15H,7-10,12H2,1-4H3,(H2,21,22,23,27). The van der Waals surface area contributed by atoms with Gasteiger partial charge in [-0.25, -0.2) is 9.89 Å². The van der Waals surface area contributed by atoms with Gasteiger partial charge in [0.05, 0.1) is 13.7 Å². The third kappa shape index (κ3) is 5.17. The molecule has 2 N–H and O–H groups in total. The predicted octanol–water partition coefficient (Wildman–Crippen LogP) is 1.63. The average molecular weight is 403 g/mol. The monoisotopic (exact) mass is 403 g/mol. The highest BCUT2D eigenvalue weighted by atomic mass is 16.5. The number of likely N-dealkylation sites (tertiary alicyclic amines) is 1. The molecule has 9 heteroatoms. The Hall–Kier alpha value is -2.81. The van der Waals surface area contributed by atoms with Crippen LogP contribution >= 0.6 is 0 Å². The van der Waals surface area contributed by atoms with Crippen LogP contribution in [0.5, 0.6) is 11.5 Å². The molecule has 2 aromatic rings. The Kier molecular flexibility index (Phi) is 6.58. The van der Waals surface area contributed by atoms with Crippen LogP contribution < -0.4 is 15.2 Å². The topological polar surface area (TPSA) is 104 Å². The van der Waals surface area contributed by atoms with Crippen molar-refractivity contribution in [1.82, 2.24) is 25.0 Å². The first-order valence-corrected chi connectivity index (χ1v) is 9.85. The lowest BCUT2D eigenvalue weighted by atomic mass is 10.1. The van der Waals surface area contributed by atoms with Gasteiger partial charge in [0.25, 0.3) is 5.91 Å². The fraction of sp³-hybridized carbons (Fsp3) is 0.550. The van der Waals surface area contributed by atoms with Gasteiger partial charge in [0.15, 0.2) is 17.3 Å². The Balaban J connectivity index is 1.69. The molecule has 0 radical (unpaired) electrons. The molecule has 1 amide bonds. The minimum atomic E-state index is -0.399. The van der Waals surface area contributed by atoms with E-state index < -0.39 is 5.69 Å². The number of benzene rings is 1. The van der Waals surface area contributed by atoms with Crippen molar-refractivity contribution >= 4 is 5.91 Å². The van der Waals surface area contributed by atoms with Crippen LogP contribution in [-0.4, -0.2) is 70.3 Å². The van der Waals surface area contributed by atoms with E-state index in [2.05, 4.69) is 33.9 Å². The van der Waals surface area contributed by atoms with Gasteiger partial charge >= 0.3 is 5.69 Å². The smallest absolute Gasteiger partial charge is 0.340 e. The summed E-state index contributed by atoms with van der Waals surface area (Å²) in [6.07, 6.45) is 1.97. The maximum absolute atomic E-state index is 12.8. The van der Waals surface area contributed by atoms with Crippen LogP contribution in [0.4, 0.5) is 0 Å². The van der Waals surface area contributed by atoms with Crippen LogP contribution in [0.25, 0.3) is 0 Å². The highest BCUT2D eigenvalue weighted by molar-refractivity contribution is 5.94. The first kappa shape index (κ1) is 20.9. The molecule has 1 saturated heterocycles. The Morgan fingerprint density at radius 1 is 1.31 bits per heavy atom. The van der Waals surface area contributed by atoms with Crippen LogP contribution in [-0.2, 0) is 6.54 Å². The van der Waals surface area contributed by atoms with E-state index in [-0.39, 0.29) is 18.6 Å². The number of nitrogens with one attached hydrogen (secondary N) is 2. The fourth-order valence-corrected chi connectivity index (χ4v) is 3.49. The molecule has 0 spiro atoms. The number of carbonyl (C=O) groups is 1. The van der Waals surface area contributed by atoms with Crippen molar-refractivity contribution < 1.29 is 14.3 Å². The second kappa shape index (κ2) is 9.13. The third-order valence-corrected chi connectivity index (χ3v) is 5.19. The summed E-state index contributed by atoms with van der Waals surface area (Å²) < 4.78 is 11.6. The molecule has 1 aliphatic heterocycles. The molecule has 1 fully saturated rings. The minimum Gasteiger partial charge on any atom is -0.493 e. The van der Waals surface area contributed by atoms with E-state index in [0.717, 1.165) is 25.9 Å². The van der Waals surface area contributed by atoms with E-state index >= 15 is 0 Å². The molecule has 0 unspecified atom stereocenters. The molecule has 0 aliphatic carbocycles. The molecule has 1 aromatic carbocycles. The molecule has 158 valence electrons. The number of hydrogen-bond acceptors (Lipinski definition) is 6. The SMILES string of the molecule is COc1ccc(C(=O)N(C)Cc2n[nH]c(=O)[nH]2)cc1OC1CCN(C(C)C)CC1. The molecule has 0 saturated carbocycles. The molecule has 3 rings (SSSR count). The fourth-order valence-electron chi connectivity index (χ4n) is 3.49. The van der Waals surface area contributed by atoms with E-state index in [1.807, 2.05) is 0 Å². The first-order valence-electron chi connectivity index (χ1n) is 9.85. The largest absolute Gasteiger partial charge is 0.493 e. The molecule has 9 nitrogen and oxygen atoms in total. The predicted molar refractivity (Wildman–Crippen MR) is 108 cm³/mol. The van der Waals surface area contributed by atoms with Crippen molar-refractivity contribution in [2.45, 2.75) is 45.4 Å². The van der Waals surface area contributed by atoms with Crippen molar-refractivity contribution in [3.8, 4) is 11.5 Å². The van der Waals surface area contributed by atoms with Crippen LogP contribution in [0.1, 0.15) is 42.9 Å². The maximum atomic E-state index is 12.8. The second-order valence-corrected chi connectivity index (χ2v) is 7.60. The quantitative estimate of drug-likeness (QED) is 0.728. The number of ether oxygens (including phenoxy) is 2. The van der Waals surface area contributed by atoms with Crippen LogP contribution in [0, 0.1) is 0 Å². The summed E-state index contributed by atoms with van der Waals surface area (Å²) in [6.45, 7) is 6.58. The van der Waals surface area contributed by atoms with Crippen LogP contribution in [0.15, 0.2) is 23.0 Å². The summed E-state index contributed by atoms with van der Waals surface area (Å²) in [4.78, 5) is 30.4. The summed E-state index contributed by atoms with van der Waals surface area (Å²) in [5, 5.41) is 6.13. The molecule has 29 heavy (non-hydrogen) atoms. The van der Waals surface area contributed by atoms with Gasteiger partial charge in [-0.3, -0.25) is 9.78 Å². The zero-order valence-corrected chi connectivity index (χ0v) is 17.4. The lowest BCUT2D eigenvalue weighted by Crippen LogP contribution is -2.41. The van der Waals surface area contributed by atoms with Gasteiger partial charge in [-0.05, 0) is 44.9 Å². The average Bonchev–Trinajstić information content (AvgIpc) is 3.12. The van der Waals surface area contributed by atoms with Crippen molar-refractivity contribution in [3.05, 3.63) is 40.1 Å². The Labute approximate surface area is 170 Å². The highest BCUT2D eigenvalue weighted by Crippen LogP contribution is 2.31. The number of hydrogen-bond donors (Lipinski definition) is 2. The van der Waals surface area contributed by atoms with E-state index in [0.29, 0.717) is 28.9 Å². The summed E-state index contributed by atoms with van der Waals surface area (Å²) >= 11 is 0. The van der Waals surface area contributed by atoms with Gasteiger partial charge in [-0.1, -0.05) is 0 Å². The maximum Gasteiger partial charge on any atom is 0.340 e. The number of methoxy groups -OCH3 is 1. The molecular weight excluding hydrogens is 374 g/mol. The summed E-state index contributed by atoms with van der Waals surface area (Å²) in [5.74, 6) is 1.37. The number of aromatic nitrogens is 3. The zero-order chi connectivity index (χ0) is 21.0. The minimum absolute atomic E-state index is 0.0936. The van der Waals surface area contributed by atoms with Crippen molar-refractivity contribution in [2.75, 3.05) is 27.2 Å². The van der Waals surface area contributed by atoms with Crippen LogP contribution in [0.3, 0.4) is 0 Å². The zero-order valence-electron chi connectivity index (χ0n) is 17.4. The Bertz CT molecular complexity index is 883. The summed E-state index contributed by atoms with van der Waals surface area (Å²) in [6, 6.07) is 5.71. The molecule has 1 aliphatic rings. The normalized spacial score (nSPS) is 15.5. The highest BCUT2D eigenvalue weighted by Gasteiger charge is 2.24. The van der Waals surface area contributed by atoms with Gasteiger partial charge in [0, 0.05) is 31.7 Å². The lowest BCUT2D eigenvalue weighted by Gasteiger charge is -2.34. The lowest BCUT2D eigenvalue weighted by molar-refractivity contribution is 0.0770. The number of piperidine rings is 1. The summed E-state index contributed by atoms with van der Waals surface area (Å²) in [5.41, 5.74) is 0.0882. The van der Waals surface area contributed by atoms with E-state index in [9.17, 15) is 9.59 Å². The van der Waals surface area contributed by atoms with Crippen LogP contribution in [0.2, 0.25) is 0 Å². The molecule has 2 heterocycles. The number of aromatic amines is 2. The number of carbonyl (C=O) groups excluding carboxylic acids is 1. The molecule has 0 bridgehead atoms. The van der Waals surface area contributed by atoms with Gasteiger partial charge in [-0.15, -0.1) is 0 Å². The van der Waals surface area contributed by atoms with Gasteiger partial charge in [0.1, 0.15) is 6.10 Å². The summed E-state index contributed by atoms with van der Waals surface area (Å²) in [7, 11) is 3.24. The first-order chi connectivity index (χ1) is 13.9. The Morgan fingerprint density at radius 3 is 2.62 bits per heavy atom. The molecule has 0 atom stereocenters. The number of H-pyrrole nitrogens is 2. The van der Waals surface area contributed by atoms with Crippen molar-refractivity contribution in [2.24, 2.45) is 0 Å². The van der Waals surface area contributed by atoms with Gasteiger partial charge in [-0.2, -0.15) is 5.10 Å².